The number of carboxylic acids is 1. The predicted molar refractivity (Wildman–Crippen MR) is 110 cm³/mol. The molecule has 3 heterocycles. The molecule has 1 N–H and O–H groups in total. The van der Waals surface area contributed by atoms with Gasteiger partial charge in [-0.05, 0) is 18.2 Å². The van der Waals surface area contributed by atoms with Crippen LogP contribution in [0, 0.1) is 11.6 Å². The number of halogens is 2. The van der Waals surface area contributed by atoms with Crippen molar-refractivity contribution >= 4 is 5.97 Å². The molecule has 0 unspecified atom stereocenters. The Morgan fingerprint density at radius 2 is 1.61 bits per heavy atom. The third kappa shape index (κ3) is 2.95. The van der Waals surface area contributed by atoms with Gasteiger partial charge >= 0.3 is 5.97 Å². The molecule has 4 aromatic rings. The second-order valence-corrected chi connectivity index (χ2v) is 7.19. The number of carboxylic acid groups (broad SMARTS) is 1. The third-order valence-corrected chi connectivity index (χ3v) is 5.38. The van der Waals surface area contributed by atoms with Crippen LogP contribution in [0.2, 0.25) is 0 Å². The van der Waals surface area contributed by atoms with Crippen LogP contribution in [-0.4, -0.2) is 25.4 Å². The van der Waals surface area contributed by atoms with E-state index in [1.807, 2.05) is 0 Å². The van der Waals surface area contributed by atoms with Gasteiger partial charge in [-0.3, -0.25) is 9.48 Å². The molecule has 2 aromatic heterocycles. The number of aromatic nitrogens is 3. The maximum Gasteiger partial charge on any atom is 0.341 e. The lowest BCUT2D eigenvalue weighted by Crippen LogP contribution is -2.24. The summed E-state index contributed by atoms with van der Waals surface area (Å²) in [5, 5.41) is 13.9. The minimum Gasteiger partial charge on any atom is -0.477 e. The van der Waals surface area contributed by atoms with E-state index in [2.05, 4.69) is 5.10 Å². The van der Waals surface area contributed by atoms with Gasteiger partial charge in [-0.15, -0.1) is 0 Å². The molecule has 2 aromatic carbocycles. The fraction of sp³-hybridized carbons (Fsp3) is 0.0870. The fourth-order valence-electron chi connectivity index (χ4n) is 3.97. The number of hydrogen-bond donors (Lipinski definition) is 1. The van der Waals surface area contributed by atoms with Crippen LogP contribution in [0.5, 0.6) is 0 Å². The molecule has 0 bridgehead atoms. The normalized spacial score (nSPS) is 12.3. The lowest BCUT2D eigenvalue weighted by molar-refractivity contribution is 0.0694. The van der Waals surface area contributed by atoms with E-state index in [4.69, 9.17) is 0 Å². The van der Waals surface area contributed by atoms with E-state index < -0.39 is 23.0 Å². The highest BCUT2D eigenvalue weighted by Gasteiger charge is 2.29. The number of carbonyl (C=O) groups is 1. The maximum atomic E-state index is 14.9. The average Bonchev–Trinajstić information content (AvgIpc) is 3.13. The maximum absolute atomic E-state index is 14.9. The summed E-state index contributed by atoms with van der Waals surface area (Å²) in [6.45, 7) is 0.707. The predicted octanol–water partition coefficient (Wildman–Crippen LogP) is 4.04. The van der Waals surface area contributed by atoms with Crippen molar-refractivity contribution in [1.29, 1.82) is 0 Å². The summed E-state index contributed by atoms with van der Waals surface area (Å²) in [6.07, 6.45) is 1.28. The van der Waals surface area contributed by atoms with Gasteiger partial charge in [0.25, 0.3) is 0 Å². The lowest BCUT2D eigenvalue weighted by atomic mass is 9.96. The minimum absolute atomic E-state index is 0.207. The van der Waals surface area contributed by atoms with Gasteiger partial charge in [-0.25, -0.2) is 13.6 Å². The molecule has 1 aliphatic heterocycles. The zero-order chi connectivity index (χ0) is 21.7. The van der Waals surface area contributed by atoms with Crippen LogP contribution in [0.15, 0.2) is 65.6 Å². The zero-order valence-electron chi connectivity index (χ0n) is 16.0. The first-order chi connectivity index (χ1) is 15.0. The first kappa shape index (κ1) is 18.9. The first-order valence-electron chi connectivity index (χ1n) is 9.54. The van der Waals surface area contributed by atoms with E-state index in [1.54, 1.807) is 45.6 Å². The first-order valence-corrected chi connectivity index (χ1v) is 9.54. The number of benzene rings is 2. The topological polar surface area (TPSA) is 77.1 Å². The van der Waals surface area contributed by atoms with Gasteiger partial charge in [0.15, 0.2) is 5.43 Å². The van der Waals surface area contributed by atoms with Crippen molar-refractivity contribution in [3.8, 4) is 33.8 Å². The fourth-order valence-corrected chi connectivity index (χ4v) is 3.97. The summed E-state index contributed by atoms with van der Waals surface area (Å²) in [4.78, 5) is 23.8. The van der Waals surface area contributed by atoms with Gasteiger partial charge in [0.1, 0.15) is 22.9 Å². The minimum atomic E-state index is -1.32. The Bertz CT molecular complexity index is 1420. The Kier molecular flexibility index (Phi) is 4.28. The summed E-state index contributed by atoms with van der Waals surface area (Å²) in [7, 11) is 0. The van der Waals surface area contributed by atoms with Crippen LogP contribution in [-0.2, 0) is 13.1 Å². The van der Waals surface area contributed by atoms with E-state index in [1.165, 1.54) is 24.4 Å². The van der Waals surface area contributed by atoms with Gasteiger partial charge < -0.3 is 9.67 Å². The van der Waals surface area contributed by atoms with E-state index in [0.717, 1.165) is 0 Å². The molecule has 0 saturated carbocycles. The Labute approximate surface area is 174 Å². The number of fused-ring (bicyclic) bond motifs is 3. The van der Waals surface area contributed by atoms with Crippen LogP contribution >= 0.6 is 0 Å². The number of aromatic carboxylic acids is 1. The standard InChI is InChI=1S/C23H15F2N3O3/c24-16-7-3-1-5-13(16)20-21(14-6-2-4-8-17(14)25)26-28-10-9-27-12-15(23(30)31)19(29)11-18(27)22(20)28/h1-8,11-12H,9-10H2,(H,30,31). The Hall–Kier alpha value is -4.07. The molecule has 0 spiro atoms. The largest absolute Gasteiger partial charge is 0.477 e. The van der Waals surface area contributed by atoms with Gasteiger partial charge in [0, 0.05) is 35.5 Å². The summed E-state index contributed by atoms with van der Waals surface area (Å²) < 4.78 is 32.8. The van der Waals surface area contributed by atoms with Crippen molar-refractivity contribution in [3.63, 3.8) is 0 Å². The van der Waals surface area contributed by atoms with Gasteiger partial charge in [0.05, 0.1) is 17.9 Å². The molecule has 0 fully saturated rings. The molecular formula is C23H15F2N3O3. The molecule has 0 atom stereocenters. The molecule has 154 valence electrons. The quantitative estimate of drug-likeness (QED) is 0.544. The molecule has 0 amide bonds. The van der Waals surface area contributed by atoms with Crippen molar-refractivity contribution in [2.75, 3.05) is 0 Å². The number of hydrogen-bond acceptors (Lipinski definition) is 3. The summed E-state index contributed by atoms with van der Waals surface area (Å²) in [5.74, 6) is -2.34. The summed E-state index contributed by atoms with van der Waals surface area (Å²) in [5.41, 5.74) is 0.835. The van der Waals surface area contributed by atoms with E-state index >= 15 is 0 Å². The second kappa shape index (κ2) is 7.02. The Balaban J connectivity index is 1.88. The van der Waals surface area contributed by atoms with Crippen molar-refractivity contribution in [1.82, 2.24) is 14.3 Å². The van der Waals surface area contributed by atoms with E-state index in [-0.39, 0.29) is 22.4 Å². The molecule has 0 aliphatic carbocycles. The van der Waals surface area contributed by atoms with Crippen molar-refractivity contribution in [3.05, 3.63) is 88.2 Å². The average molecular weight is 419 g/mol. The van der Waals surface area contributed by atoms with Crippen molar-refractivity contribution in [2.45, 2.75) is 13.1 Å². The van der Waals surface area contributed by atoms with Crippen molar-refractivity contribution < 1.29 is 18.7 Å². The van der Waals surface area contributed by atoms with Gasteiger partial charge in [-0.1, -0.05) is 30.3 Å². The summed E-state index contributed by atoms with van der Waals surface area (Å²) in [6, 6.07) is 13.4. The molecule has 5 rings (SSSR count). The molecule has 6 nitrogen and oxygen atoms in total. The SMILES string of the molecule is O=C(O)c1cn2c(cc1=O)-c1c(-c3ccccc3F)c(-c3ccccc3F)nn1CC2. The second-order valence-electron chi connectivity index (χ2n) is 7.19. The number of aryl methyl sites for hydroxylation is 2. The highest BCUT2D eigenvalue weighted by Crippen LogP contribution is 2.42. The summed E-state index contributed by atoms with van der Waals surface area (Å²) >= 11 is 0. The molecule has 8 heteroatoms. The van der Waals surface area contributed by atoms with E-state index in [9.17, 15) is 23.5 Å². The zero-order valence-corrected chi connectivity index (χ0v) is 16.0. The van der Waals surface area contributed by atoms with Crippen molar-refractivity contribution in [2.24, 2.45) is 0 Å². The Morgan fingerprint density at radius 1 is 0.968 bits per heavy atom. The lowest BCUT2D eigenvalue weighted by Gasteiger charge is -2.22. The van der Waals surface area contributed by atoms with Crippen LogP contribution in [0.25, 0.3) is 33.8 Å². The monoisotopic (exact) mass is 419 g/mol. The number of rotatable bonds is 3. The van der Waals surface area contributed by atoms with Crippen LogP contribution in [0.3, 0.4) is 0 Å². The molecule has 31 heavy (non-hydrogen) atoms. The molecular weight excluding hydrogens is 404 g/mol. The Morgan fingerprint density at radius 3 is 2.26 bits per heavy atom. The van der Waals surface area contributed by atoms with Crippen LogP contribution < -0.4 is 5.43 Å². The highest BCUT2D eigenvalue weighted by molar-refractivity contribution is 5.92. The van der Waals surface area contributed by atoms with Crippen LogP contribution in [0.1, 0.15) is 10.4 Å². The van der Waals surface area contributed by atoms with Crippen LogP contribution in [0.4, 0.5) is 8.78 Å². The number of nitrogens with zero attached hydrogens (tertiary/aromatic N) is 3. The number of pyridine rings is 1. The highest BCUT2D eigenvalue weighted by atomic mass is 19.1. The molecule has 0 saturated heterocycles. The van der Waals surface area contributed by atoms with Gasteiger partial charge in [0.2, 0.25) is 0 Å². The van der Waals surface area contributed by atoms with Gasteiger partial charge in [-0.2, -0.15) is 5.10 Å². The smallest absolute Gasteiger partial charge is 0.341 e. The molecule has 0 radical (unpaired) electrons. The third-order valence-electron chi connectivity index (χ3n) is 5.38. The molecule has 1 aliphatic rings. The van der Waals surface area contributed by atoms with E-state index in [0.29, 0.717) is 30.0 Å².